The number of para-hydroxylation sites is 4. The molecule has 2 aromatic heterocycles. The molecule has 48 heavy (non-hydrogen) atoms. The van der Waals surface area contributed by atoms with E-state index >= 15 is 0 Å². The highest BCUT2D eigenvalue weighted by molar-refractivity contribution is 6.13. The molecule has 0 radical (unpaired) electrons. The van der Waals surface area contributed by atoms with Crippen molar-refractivity contribution in [1.29, 1.82) is 10.5 Å². The third-order valence-electron chi connectivity index (χ3n) is 9.68. The second-order valence-electron chi connectivity index (χ2n) is 12.2. The van der Waals surface area contributed by atoms with E-state index in [1.807, 2.05) is 42.5 Å². The predicted molar refractivity (Wildman–Crippen MR) is 197 cm³/mol. The van der Waals surface area contributed by atoms with Crippen molar-refractivity contribution in [1.82, 2.24) is 9.13 Å². The van der Waals surface area contributed by atoms with E-state index in [9.17, 15) is 10.5 Å². The van der Waals surface area contributed by atoms with Gasteiger partial charge in [0.25, 0.3) is 0 Å². The molecule has 0 aliphatic heterocycles. The van der Waals surface area contributed by atoms with Crippen LogP contribution in [0.15, 0.2) is 146 Å². The summed E-state index contributed by atoms with van der Waals surface area (Å²) in [5.74, 6) is 0. The maximum absolute atomic E-state index is 10.6. The highest BCUT2D eigenvalue weighted by atomic mass is 15.0. The van der Waals surface area contributed by atoms with Crippen LogP contribution in [0, 0.1) is 22.7 Å². The molecule has 1 aliphatic carbocycles. The van der Waals surface area contributed by atoms with Gasteiger partial charge >= 0.3 is 0 Å². The standard InChI is InChI=1S/C44H28N4/c45-27-30-25-29(26-31(28-46)44(30)48-42-23-11-6-18-37(42)38-19-7-12-24-43(38)48)32-13-1-2-14-33(32)34-15-3-8-20-39(34)47-40-21-9-4-16-35(40)36-17-5-10-22-41(36)47/h1-2,4-14,16-26H,3,15H2. The molecule has 2 heterocycles. The predicted octanol–water partition coefficient (Wildman–Crippen LogP) is 11.0. The Hall–Kier alpha value is -6.62. The molecule has 0 amide bonds. The van der Waals surface area contributed by atoms with Gasteiger partial charge in [-0.3, -0.25) is 0 Å². The minimum atomic E-state index is 0.463. The molecule has 0 unspecified atom stereocenters. The lowest BCUT2D eigenvalue weighted by molar-refractivity contribution is 1.04. The number of aromatic nitrogens is 2. The van der Waals surface area contributed by atoms with Crippen molar-refractivity contribution in [3.05, 3.63) is 162 Å². The fourth-order valence-corrected chi connectivity index (χ4v) is 7.68. The Morgan fingerprint density at radius 1 is 0.500 bits per heavy atom. The molecular formula is C44H28N4. The van der Waals surface area contributed by atoms with Gasteiger partial charge in [-0.25, -0.2) is 0 Å². The normalized spacial score (nSPS) is 13.0. The van der Waals surface area contributed by atoms with E-state index in [-0.39, 0.29) is 0 Å². The van der Waals surface area contributed by atoms with Gasteiger partial charge in [-0.05, 0) is 77.6 Å². The lowest BCUT2D eigenvalue weighted by atomic mass is 9.87. The Morgan fingerprint density at radius 2 is 0.938 bits per heavy atom. The number of hydrogen-bond acceptors (Lipinski definition) is 2. The van der Waals surface area contributed by atoms with Gasteiger partial charge in [0.15, 0.2) is 0 Å². The Labute approximate surface area is 277 Å². The van der Waals surface area contributed by atoms with Crippen LogP contribution < -0.4 is 0 Å². The smallest absolute Gasteiger partial charge is 0.101 e. The van der Waals surface area contributed by atoms with E-state index in [0.717, 1.165) is 57.0 Å². The van der Waals surface area contributed by atoms with Crippen molar-refractivity contribution in [2.75, 3.05) is 0 Å². The van der Waals surface area contributed by atoms with Crippen molar-refractivity contribution in [3.63, 3.8) is 0 Å². The average Bonchev–Trinajstić information content (AvgIpc) is 3.67. The molecule has 8 aromatic rings. The summed E-state index contributed by atoms with van der Waals surface area (Å²) in [5, 5.41) is 25.9. The van der Waals surface area contributed by atoms with Crippen LogP contribution in [0.25, 0.3) is 71.7 Å². The molecule has 0 fully saturated rings. The molecule has 0 spiro atoms. The van der Waals surface area contributed by atoms with Crippen LogP contribution in [0.3, 0.4) is 0 Å². The van der Waals surface area contributed by atoms with Gasteiger partial charge in [-0.15, -0.1) is 0 Å². The van der Waals surface area contributed by atoms with Crippen LogP contribution in [-0.2, 0) is 0 Å². The Balaban J connectivity index is 1.29. The van der Waals surface area contributed by atoms with E-state index in [2.05, 4.69) is 124 Å². The third kappa shape index (κ3) is 4.07. The number of rotatable bonds is 4. The van der Waals surface area contributed by atoms with Crippen molar-refractivity contribution in [2.45, 2.75) is 12.8 Å². The molecular weight excluding hydrogens is 585 g/mol. The molecule has 0 atom stereocenters. The van der Waals surface area contributed by atoms with E-state index in [1.165, 1.54) is 27.4 Å². The van der Waals surface area contributed by atoms with E-state index in [0.29, 0.717) is 16.8 Å². The summed E-state index contributed by atoms with van der Waals surface area (Å²) in [4.78, 5) is 0. The van der Waals surface area contributed by atoms with Gasteiger partial charge in [-0.1, -0.05) is 103 Å². The van der Waals surface area contributed by atoms with Crippen LogP contribution in [-0.4, -0.2) is 9.13 Å². The first-order chi connectivity index (χ1) is 23.8. The summed E-state index contributed by atoms with van der Waals surface area (Å²) in [6, 6.07) is 50.8. The van der Waals surface area contributed by atoms with Crippen LogP contribution in [0.4, 0.5) is 0 Å². The minimum absolute atomic E-state index is 0.463. The number of allylic oxidation sites excluding steroid dienone is 4. The van der Waals surface area contributed by atoms with Crippen molar-refractivity contribution < 1.29 is 0 Å². The summed E-state index contributed by atoms with van der Waals surface area (Å²) in [7, 11) is 0. The van der Waals surface area contributed by atoms with E-state index < -0.39 is 0 Å². The zero-order chi connectivity index (χ0) is 32.2. The molecule has 4 heteroatoms. The Kier molecular flexibility index (Phi) is 6.35. The van der Waals surface area contributed by atoms with E-state index in [4.69, 9.17) is 0 Å². The first-order valence-corrected chi connectivity index (χ1v) is 16.2. The quantitative estimate of drug-likeness (QED) is 0.199. The second kappa shape index (κ2) is 11.0. The van der Waals surface area contributed by atoms with Gasteiger partial charge in [0.1, 0.15) is 12.1 Å². The van der Waals surface area contributed by atoms with Crippen molar-refractivity contribution in [3.8, 4) is 29.0 Å². The highest BCUT2D eigenvalue weighted by Crippen LogP contribution is 2.42. The van der Waals surface area contributed by atoms with Gasteiger partial charge in [0.05, 0.1) is 38.9 Å². The minimum Gasteiger partial charge on any atom is -0.309 e. The lowest BCUT2D eigenvalue weighted by Gasteiger charge is -2.22. The highest BCUT2D eigenvalue weighted by Gasteiger charge is 2.23. The molecule has 0 saturated heterocycles. The fourth-order valence-electron chi connectivity index (χ4n) is 7.68. The topological polar surface area (TPSA) is 57.4 Å². The molecule has 6 aromatic carbocycles. The van der Waals surface area contributed by atoms with Gasteiger partial charge < -0.3 is 9.13 Å². The fraction of sp³-hybridized carbons (Fsp3) is 0.0455. The van der Waals surface area contributed by atoms with Crippen LogP contribution in [0.5, 0.6) is 0 Å². The van der Waals surface area contributed by atoms with Gasteiger partial charge in [0.2, 0.25) is 0 Å². The van der Waals surface area contributed by atoms with Crippen LogP contribution in [0.1, 0.15) is 29.5 Å². The van der Waals surface area contributed by atoms with Crippen LogP contribution >= 0.6 is 0 Å². The zero-order valence-corrected chi connectivity index (χ0v) is 26.1. The van der Waals surface area contributed by atoms with Crippen LogP contribution in [0.2, 0.25) is 0 Å². The maximum Gasteiger partial charge on any atom is 0.101 e. The summed E-state index contributed by atoms with van der Waals surface area (Å²) >= 11 is 0. The largest absolute Gasteiger partial charge is 0.309 e. The molecule has 1 aliphatic rings. The number of nitriles is 2. The SMILES string of the molecule is N#Cc1cc(-c2ccccc2C2=C(n3c4ccccc4c4ccccc43)C=CCC2)cc(C#N)c1-n1c2ccccc2c2ccccc21. The summed E-state index contributed by atoms with van der Waals surface area (Å²) in [6.45, 7) is 0. The molecule has 0 saturated carbocycles. The molecule has 9 rings (SSSR count). The number of nitrogens with zero attached hydrogens (tertiary/aromatic N) is 4. The molecule has 4 nitrogen and oxygen atoms in total. The second-order valence-corrected chi connectivity index (χ2v) is 12.2. The first kappa shape index (κ1) is 27.7. The third-order valence-corrected chi connectivity index (χ3v) is 9.68. The molecule has 0 N–H and O–H groups in total. The monoisotopic (exact) mass is 612 g/mol. The van der Waals surface area contributed by atoms with Gasteiger partial charge in [-0.2, -0.15) is 10.5 Å². The lowest BCUT2D eigenvalue weighted by Crippen LogP contribution is -2.04. The first-order valence-electron chi connectivity index (χ1n) is 16.2. The van der Waals surface area contributed by atoms with Crippen molar-refractivity contribution in [2.24, 2.45) is 0 Å². The maximum atomic E-state index is 10.6. The number of fused-ring (bicyclic) bond motifs is 6. The molecule has 224 valence electrons. The average molecular weight is 613 g/mol. The van der Waals surface area contributed by atoms with E-state index in [1.54, 1.807) is 0 Å². The number of hydrogen-bond donors (Lipinski definition) is 0. The van der Waals surface area contributed by atoms with Gasteiger partial charge in [0, 0.05) is 27.2 Å². The molecule has 0 bridgehead atoms. The summed E-state index contributed by atoms with van der Waals surface area (Å²) < 4.78 is 4.46. The zero-order valence-electron chi connectivity index (χ0n) is 26.1. The Morgan fingerprint density at radius 3 is 1.44 bits per heavy atom. The summed E-state index contributed by atoms with van der Waals surface area (Å²) in [6.07, 6.45) is 6.32. The van der Waals surface area contributed by atoms with Crippen molar-refractivity contribution >= 4 is 54.9 Å². The summed E-state index contributed by atoms with van der Waals surface area (Å²) in [5.41, 5.74) is 11.2. The Bertz CT molecular complexity index is 2610. The number of benzene rings is 6.